The van der Waals surface area contributed by atoms with Gasteiger partial charge in [0.15, 0.2) is 0 Å². The Kier molecular flexibility index (Phi) is 9.07. The first-order chi connectivity index (χ1) is 12.1. The Morgan fingerprint density at radius 2 is 1.35 bits per heavy atom. The van der Waals surface area contributed by atoms with Gasteiger partial charge in [-0.25, -0.2) is 4.18 Å². The van der Waals surface area contributed by atoms with Crippen molar-refractivity contribution in [2.75, 3.05) is 13.2 Å². The highest BCUT2D eigenvalue weighted by Gasteiger charge is 2.21. The highest BCUT2D eigenvalue weighted by Crippen LogP contribution is 2.40. The van der Waals surface area contributed by atoms with Crippen molar-refractivity contribution >= 4 is 10.4 Å². The van der Waals surface area contributed by atoms with Gasteiger partial charge in [-0.1, -0.05) is 53.7 Å². The molecule has 0 saturated carbocycles. The fraction of sp³-hybridized carbons (Fsp3) is 0.700. The van der Waals surface area contributed by atoms with Gasteiger partial charge < -0.3 is 4.74 Å². The van der Waals surface area contributed by atoms with E-state index in [1.807, 2.05) is 0 Å². The average Bonchev–Trinajstić information content (AvgIpc) is 2.61. The van der Waals surface area contributed by atoms with Crippen LogP contribution in [-0.2, 0) is 14.6 Å². The van der Waals surface area contributed by atoms with Crippen molar-refractivity contribution in [3.63, 3.8) is 0 Å². The second-order valence-corrected chi connectivity index (χ2v) is 8.15. The summed E-state index contributed by atoms with van der Waals surface area (Å²) in [6.45, 7) is 12.9. The molecule has 3 atom stereocenters. The third-order valence-electron chi connectivity index (χ3n) is 5.20. The van der Waals surface area contributed by atoms with Crippen molar-refractivity contribution in [3.8, 4) is 5.75 Å². The molecule has 5 nitrogen and oxygen atoms in total. The summed E-state index contributed by atoms with van der Waals surface area (Å²) in [5.74, 6) is 1.97. The summed E-state index contributed by atoms with van der Waals surface area (Å²) in [5.41, 5.74) is 3.64. The summed E-state index contributed by atoms with van der Waals surface area (Å²) in [4.78, 5) is 0. The standard InChI is InChI=1S/C20H34O5S/c1-7-14(4)17-12-18(15(5)8-2)20(19(13-17)16(6)9-3)24-10-11-25-26(21,22)23/h12-16H,7-11H2,1-6H3,(H,21,22,23). The van der Waals surface area contributed by atoms with Gasteiger partial charge >= 0.3 is 10.4 Å². The van der Waals surface area contributed by atoms with E-state index in [4.69, 9.17) is 9.29 Å². The lowest BCUT2D eigenvalue weighted by Gasteiger charge is -2.25. The lowest BCUT2D eigenvalue weighted by Crippen LogP contribution is -2.14. The maximum Gasteiger partial charge on any atom is 0.397 e. The minimum Gasteiger partial charge on any atom is -0.491 e. The SMILES string of the molecule is CCC(C)c1cc(C(C)CC)c(OCCOS(=O)(=O)O)c(C(C)CC)c1. The Balaban J connectivity index is 3.28. The molecule has 6 heteroatoms. The Bertz CT molecular complexity index is 638. The van der Waals surface area contributed by atoms with Gasteiger partial charge in [-0.2, -0.15) is 8.42 Å². The molecular weight excluding hydrogens is 352 g/mol. The molecule has 1 N–H and O–H groups in total. The van der Waals surface area contributed by atoms with Crippen LogP contribution in [-0.4, -0.2) is 26.2 Å². The van der Waals surface area contributed by atoms with Crippen molar-refractivity contribution in [3.05, 3.63) is 28.8 Å². The molecule has 0 spiro atoms. The Labute approximate surface area is 159 Å². The second kappa shape index (κ2) is 10.3. The third-order valence-corrected chi connectivity index (χ3v) is 5.66. The summed E-state index contributed by atoms with van der Waals surface area (Å²) in [5, 5.41) is 0. The molecule has 0 aliphatic heterocycles. The van der Waals surface area contributed by atoms with Crippen molar-refractivity contribution in [1.82, 2.24) is 0 Å². The van der Waals surface area contributed by atoms with Crippen LogP contribution in [0, 0.1) is 0 Å². The summed E-state index contributed by atoms with van der Waals surface area (Å²) >= 11 is 0. The highest BCUT2D eigenvalue weighted by molar-refractivity contribution is 7.80. The first-order valence-electron chi connectivity index (χ1n) is 9.56. The number of ether oxygens (including phenoxy) is 1. The first kappa shape index (κ1) is 22.9. The summed E-state index contributed by atoms with van der Waals surface area (Å²) < 4.78 is 40.5. The van der Waals surface area contributed by atoms with Gasteiger partial charge in [0.2, 0.25) is 0 Å². The molecule has 1 aromatic carbocycles. The monoisotopic (exact) mass is 386 g/mol. The molecule has 0 amide bonds. The lowest BCUT2D eigenvalue weighted by molar-refractivity contribution is 0.199. The van der Waals surface area contributed by atoms with Crippen LogP contribution < -0.4 is 4.74 Å². The van der Waals surface area contributed by atoms with Crippen LogP contribution in [0.15, 0.2) is 12.1 Å². The molecule has 3 unspecified atom stereocenters. The quantitative estimate of drug-likeness (QED) is 0.406. The average molecular weight is 387 g/mol. The second-order valence-electron chi connectivity index (χ2n) is 7.05. The van der Waals surface area contributed by atoms with E-state index in [0.717, 1.165) is 36.1 Å². The predicted molar refractivity (Wildman–Crippen MR) is 106 cm³/mol. The van der Waals surface area contributed by atoms with Crippen LogP contribution in [0.1, 0.15) is 95.2 Å². The Hall–Kier alpha value is -1.11. The van der Waals surface area contributed by atoms with E-state index in [2.05, 4.69) is 57.9 Å². The number of hydrogen-bond donors (Lipinski definition) is 1. The normalized spacial score (nSPS) is 15.5. The van der Waals surface area contributed by atoms with E-state index >= 15 is 0 Å². The van der Waals surface area contributed by atoms with Crippen LogP contribution in [0.3, 0.4) is 0 Å². The molecule has 150 valence electrons. The molecule has 0 radical (unpaired) electrons. The molecule has 0 aliphatic carbocycles. The van der Waals surface area contributed by atoms with Crippen LogP contribution in [0.2, 0.25) is 0 Å². The number of rotatable bonds is 11. The minimum atomic E-state index is -4.44. The van der Waals surface area contributed by atoms with Crippen molar-refractivity contribution in [1.29, 1.82) is 0 Å². The molecule has 0 aliphatic rings. The van der Waals surface area contributed by atoms with Gasteiger partial charge in [0.05, 0.1) is 0 Å². The van der Waals surface area contributed by atoms with Gasteiger partial charge in [0, 0.05) is 0 Å². The van der Waals surface area contributed by atoms with E-state index < -0.39 is 10.4 Å². The summed E-state index contributed by atoms with van der Waals surface area (Å²) in [6.07, 6.45) is 3.05. The van der Waals surface area contributed by atoms with Crippen molar-refractivity contribution < 1.29 is 21.9 Å². The topological polar surface area (TPSA) is 72.8 Å². The summed E-state index contributed by atoms with van der Waals surface area (Å²) in [7, 11) is -4.44. The van der Waals surface area contributed by atoms with Gasteiger partial charge in [-0.05, 0) is 53.7 Å². The molecule has 0 bridgehead atoms. The predicted octanol–water partition coefficient (Wildman–Crippen LogP) is 5.43. The molecule has 0 fully saturated rings. The fourth-order valence-electron chi connectivity index (χ4n) is 2.84. The van der Waals surface area contributed by atoms with Crippen LogP contribution in [0.5, 0.6) is 5.75 Å². The highest BCUT2D eigenvalue weighted by atomic mass is 32.3. The van der Waals surface area contributed by atoms with Gasteiger partial charge in [0.1, 0.15) is 19.0 Å². The van der Waals surface area contributed by atoms with E-state index in [-0.39, 0.29) is 13.2 Å². The molecule has 26 heavy (non-hydrogen) atoms. The van der Waals surface area contributed by atoms with Crippen molar-refractivity contribution in [2.24, 2.45) is 0 Å². The minimum absolute atomic E-state index is 0.0648. The zero-order chi connectivity index (χ0) is 19.9. The Morgan fingerprint density at radius 3 is 1.73 bits per heavy atom. The Morgan fingerprint density at radius 1 is 0.885 bits per heavy atom. The van der Waals surface area contributed by atoms with Crippen LogP contribution in [0.4, 0.5) is 0 Å². The molecule has 0 saturated heterocycles. The smallest absolute Gasteiger partial charge is 0.397 e. The van der Waals surface area contributed by atoms with E-state index in [1.54, 1.807) is 0 Å². The first-order valence-corrected chi connectivity index (χ1v) is 10.9. The van der Waals surface area contributed by atoms with Crippen molar-refractivity contribution in [2.45, 2.75) is 78.6 Å². The molecule has 0 aromatic heterocycles. The van der Waals surface area contributed by atoms with Crippen LogP contribution in [0.25, 0.3) is 0 Å². The molecule has 1 aromatic rings. The zero-order valence-electron chi connectivity index (χ0n) is 16.9. The number of benzene rings is 1. The van der Waals surface area contributed by atoms with Gasteiger partial charge in [-0.3, -0.25) is 4.55 Å². The largest absolute Gasteiger partial charge is 0.491 e. The van der Waals surface area contributed by atoms with Crippen LogP contribution >= 0.6 is 0 Å². The maximum absolute atomic E-state index is 10.7. The third kappa shape index (κ3) is 6.56. The fourth-order valence-corrected chi connectivity index (χ4v) is 3.12. The maximum atomic E-state index is 10.7. The molecule has 0 heterocycles. The zero-order valence-corrected chi connectivity index (χ0v) is 17.7. The van der Waals surface area contributed by atoms with E-state index in [9.17, 15) is 8.42 Å². The van der Waals surface area contributed by atoms with Gasteiger partial charge in [-0.15, -0.1) is 0 Å². The van der Waals surface area contributed by atoms with E-state index in [1.165, 1.54) is 5.56 Å². The van der Waals surface area contributed by atoms with E-state index in [0.29, 0.717) is 17.8 Å². The molecule has 1 rings (SSSR count). The lowest BCUT2D eigenvalue weighted by atomic mass is 9.85. The summed E-state index contributed by atoms with van der Waals surface area (Å²) in [6, 6.07) is 4.46. The number of hydrogen-bond acceptors (Lipinski definition) is 4. The molecular formula is C20H34O5S. The van der Waals surface area contributed by atoms with Gasteiger partial charge in [0.25, 0.3) is 0 Å².